The summed E-state index contributed by atoms with van der Waals surface area (Å²) < 4.78 is 34.5. The second kappa shape index (κ2) is 9.81. The molecule has 0 fully saturated rings. The summed E-state index contributed by atoms with van der Waals surface area (Å²) in [5, 5.41) is 6.29. The molecule has 0 saturated carbocycles. The molecule has 5 nitrogen and oxygen atoms in total. The monoisotopic (exact) mass is 315 g/mol. The van der Waals surface area contributed by atoms with E-state index in [2.05, 4.69) is 27.3 Å². The number of alkyl halides is 2. The van der Waals surface area contributed by atoms with Gasteiger partial charge in [-0.15, -0.1) is 0 Å². The fourth-order valence-corrected chi connectivity index (χ4v) is 1.77. The van der Waals surface area contributed by atoms with Gasteiger partial charge in [0.2, 0.25) is 0 Å². The van der Waals surface area contributed by atoms with Gasteiger partial charge in [-0.3, -0.25) is 4.99 Å². The van der Waals surface area contributed by atoms with Gasteiger partial charge in [-0.1, -0.05) is 13.0 Å². The molecule has 0 saturated heterocycles. The Labute approximate surface area is 129 Å². The van der Waals surface area contributed by atoms with Crippen molar-refractivity contribution < 1.29 is 18.3 Å². The third kappa shape index (κ3) is 6.15. The minimum Gasteiger partial charge on any atom is -0.490 e. The molecule has 0 atom stereocenters. The first-order chi connectivity index (χ1) is 10.6. The summed E-state index contributed by atoms with van der Waals surface area (Å²) >= 11 is 0. The second-order valence-electron chi connectivity index (χ2n) is 4.45. The molecular weight excluding hydrogens is 292 g/mol. The van der Waals surface area contributed by atoms with E-state index in [1.54, 1.807) is 26.1 Å². The molecule has 2 N–H and O–H groups in total. The van der Waals surface area contributed by atoms with Crippen LogP contribution >= 0.6 is 0 Å². The molecule has 1 aromatic carbocycles. The first kappa shape index (κ1) is 18.0. The molecule has 124 valence electrons. The molecule has 0 radical (unpaired) electrons. The van der Waals surface area contributed by atoms with E-state index in [1.807, 2.05) is 0 Å². The lowest BCUT2D eigenvalue weighted by molar-refractivity contribution is -0.0514. The maximum Gasteiger partial charge on any atom is 0.387 e. The number of halogens is 2. The summed E-state index contributed by atoms with van der Waals surface area (Å²) in [4.78, 5) is 4.10. The van der Waals surface area contributed by atoms with E-state index in [1.165, 1.54) is 6.07 Å². The lowest BCUT2D eigenvalue weighted by atomic mass is 10.2. The van der Waals surface area contributed by atoms with E-state index in [0.717, 1.165) is 18.5 Å². The number of guanidine groups is 1. The van der Waals surface area contributed by atoms with Crippen LogP contribution in [0.1, 0.15) is 25.8 Å². The lowest BCUT2D eigenvalue weighted by Crippen LogP contribution is -2.37. The van der Waals surface area contributed by atoms with Gasteiger partial charge in [-0.2, -0.15) is 8.78 Å². The molecule has 0 aromatic heterocycles. The van der Waals surface area contributed by atoms with Crippen LogP contribution in [0.2, 0.25) is 0 Å². The van der Waals surface area contributed by atoms with Crippen LogP contribution < -0.4 is 20.1 Å². The van der Waals surface area contributed by atoms with Gasteiger partial charge in [0.25, 0.3) is 0 Å². The predicted molar refractivity (Wildman–Crippen MR) is 82.7 cm³/mol. The summed E-state index contributed by atoms with van der Waals surface area (Å²) in [7, 11) is 1.69. The van der Waals surface area contributed by atoms with Crippen LogP contribution in [0.4, 0.5) is 8.78 Å². The smallest absolute Gasteiger partial charge is 0.387 e. The Balaban J connectivity index is 2.72. The van der Waals surface area contributed by atoms with Crippen molar-refractivity contribution in [2.24, 2.45) is 4.99 Å². The molecule has 0 heterocycles. The highest BCUT2D eigenvalue weighted by Crippen LogP contribution is 2.29. The number of nitrogens with one attached hydrogen (secondary N) is 2. The van der Waals surface area contributed by atoms with Crippen molar-refractivity contribution in [2.45, 2.75) is 33.4 Å². The van der Waals surface area contributed by atoms with Crippen molar-refractivity contribution in [3.8, 4) is 11.5 Å². The van der Waals surface area contributed by atoms with Gasteiger partial charge in [0.1, 0.15) is 0 Å². The minimum atomic E-state index is -2.87. The quantitative estimate of drug-likeness (QED) is 0.572. The van der Waals surface area contributed by atoms with Crippen molar-refractivity contribution in [3.05, 3.63) is 23.8 Å². The Kier molecular flexibility index (Phi) is 8.03. The van der Waals surface area contributed by atoms with Gasteiger partial charge >= 0.3 is 6.61 Å². The number of hydrogen-bond donors (Lipinski definition) is 2. The number of benzene rings is 1. The zero-order valence-electron chi connectivity index (χ0n) is 13.2. The molecular formula is C15H23F2N3O2. The van der Waals surface area contributed by atoms with E-state index in [0.29, 0.717) is 24.9 Å². The summed E-state index contributed by atoms with van der Waals surface area (Å²) in [5.41, 5.74) is 0.879. The summed E-state index contributed by atoms with van der Waals surface area (Å²) in [6.07, 6.45) is 0.995. The van der Waals surface area contributed by atoms with Gasteiger partial charge in [-0.25, -0.2) is 0 Å². The third-order valence-electron chi connectivity index (χ3n) is 2.75. The van der Waals surface area contributed by atoms with Crippen LogP contribution in [0.25, 0.3) is 0 Å². The average molecular weight is 315 g/mol. The van der Waals surface area contributed by atoms with Crippen molar-refractivity contribution in [3.63, 3.8) is 0 Å². The first-order valence-corrected chi connectivity index (χ1v) is 7.25. The van der Waals surface area contributed by atoms with Crippen molar-refractivity contribution in [1.82, 2.24) is 10.6 Å². The van der Waals surface area contributed by atoms with E-state index in [-0.39, 0.29) is 5.75 Å². The molecule has 22 heavy (non-hydrogen) atoms. The van der Waals surface area contributed by atoms with Gasteiger partial charge < -0.3 is 20.1 Å². The fraction of sp³-hybridized carbons (Fsp3) is 0.533. The number of nitrogens with zero attached hydrogens (tertiary/aromatic N) is 1. The van der Waals surface area contributed by atoms with E-state index >= 15 is 0 Å². The molecule has 0 spiro atoms. The fourth-order valence-electron chi connectivity index (χ4n) is 1.77. The molecule has 0 aliphatic rings. The van der Waals surface area contributed by atoms with E-state index in [9.17, 15) is 8.78 Å². The van der Waals surface area contributed by atoms with Crippen LogP contribution in [0, 0.1) is 0 Å². The van der Waals surface area contributed by atoms with Crippen molar-refractivity contribution in [2.75, 3.05) is 20.2 Å². The lowest BCUT2D eigenvalue weighted by Gasteiger charge is -2.14. The Bertz CT molecular complexity index is 482. The van der Waals surface area contributed by atoms with Crippen molar-refractivity contribution >= 4 is 5.96 Å². The normalized spacial score (nSPS) is 11.5. The maximum absolute atomic E-state index is 12.3. The largest absolute Gasteiger partial charge is 0.490 e. The highest BCUT2D eigenvalue weighted by atomic mass is 19.3. The molecule has 0 amide bonds. The third-order valence-corrected chi connectivity index (χ3v) is 2.75. The Morgan fingerprint density at radius 1 is 1.23 bits per heavy atom. The molecule has 0 unspecified atom stereocenters. The second-order valence-corrected chi connectivity index (χ2v) is 4.45. The van der Waals surface area contributed by atoms with E-state index < -0.39 is 6.61 Å². The van der Waals surface area contributed by atoms with Crippen molar-refractivity contribution in [1.29, 1.82) is 0 Å². The van der Waals surface area contributed by atoms with Gasteiger partial charge in [0, 0.05) is 20.1 Å². The van der Waals surface area contributed by atoms with Crippen LogP contribution in [0.5, 0.6) is 11.5 Å². The van der Waals surface area contributed by atoms with Gasteiger partial charge in [0.05, 0.1) is 6.61 Å². The Morgan fingerprint density at radius 3 is 2.59 bits per heavy atom. The standard InChI is InChI=1S/C15H23F2N3O2/c1-4-8-19-15(18-3)20-10-11-6-7-12(22-14(16)17)13(9-11)21-5-2/h6-7,9,14H,4-5,8,10H2,1-3H3,(H2,18,19,20). The molecule has 0 aliphatic carbocycles. The minimum absolute atomic E-state index is 0.0362. The number of hydrogen-bond acceptors (Lipinski definition) is 3. The van der Waals surface area contributed by atoms with Gasteiger partial charge in [0.15, 0.2) is 17.5 Å². The summed E-state index contributed by atoms with van der Waals surface area (Å²) in [6.45, 7) is 2.67. The first-order valence-electron chi connectivity index (χ1n) is 7.25. The maximum atomic E-state index is 12.3. The predicted octanol–water partition coefficient (Wildman–Crippen LogP) is 2.76. The highest BCUT2D eigenvalue weighted by Gasteiger charge is 2.11. The van der Waals surface area contributed by atoms with Gasteiger partial charge in [-0.05, 0) is 31.0 Å². The van der Waals surface area contributed by atoms with Crippen LogP contribution in [-0.2, 0) is 6.54 Å². The number of aliphatic imine (C=N–C) groups is 1. The number of rotatable bonds is 8. The topological polar surface area (TPSA) is 54.9 Å². The SMILES string of the molecule is CCCNC(=NC)NCc1ccc(OC(F)F)c(OCC)c1. The molecule has 0 aliphatic heterocycles. The van der Waals surface area contributed by atoms with Crippen LogP contribution in [0.15, 0.2) is 23.2 Å². The summed E-state index contributed by atoms with van der Waals surface area (Å²) in [6, 6.07) is 4.87. The zero-order chi connectivity index (χ0) is 16.4. The average Bonchev–Trinajstić information content (AvgIpc) is 2.49. The molecule has 1 aromatic rings. The number of ether oxygens (including phenoxy) is 2. The van der Waals surface area contributed by atoms with E-state index in [4.69, 9.17) is 4.74 Å². The highest BCUT2D eigenvalue weighted by molar-refractivity contribution is 5.79. The van der Waals surface area contributed by atoms with Crippen LogP contribution in [0.3, 0.4) is 0 Å². The molecule has 1 rings (SSSR count). The molecule has 0 bridgehead atoms. The Morgan fingerprint density at radius 2 is 2.00 bits per heavy atom. The summed E-state index contributed by atoms with van der Waals surface area (Å²) in [5.74, 6) is 1.03. The zero-order valence-corrected chi connectivity index (χ0v) is 13.2. The molecule has 7 heteroatoms. The Hall–Kier alpha value is -2.05. The van der Waals surface area contributed by atoms with Crippen LogP contribution in [-0.4, -0.2) is 32.8 Å².